The molecular weight excluding hydrogens is 454 g/mol. The fourth-order valence-corrected chi connectivity index (χ4v) is 5.65. The zero-order chi connectivity index (χ0) is 25.2. The molecule has 36 heavy (non-hydrogen) atoms. The summed E-state index contributed by atoms with van der Waals surface area (Å²) >= 11 is 0. The van der Waals surface area contributed by atoms with Crippen LogP contribution in [0.5, 0.6) is 0 Å². The van der Waals surface area contributed by atoms with Crippen LogP contribution in [-0.4, -0.2) is 75.4 Å². The van der Waals surface area contributed by atoms with Crippen molar-refractivity contribution >= 4 is 28.7 Å². The minimum absolute atomic E-state index is 0.115. The topological polar surface area (TPSA) is 109 Å². The van der Waals surface area contributed by atoms with Gasteiger partial charge in [-0.2, -0.15) is 4.98 Å². The van der Waals surface area contributed by atoms with Crippen molar-refractivity contribution in [2.45, 2.75) is 50.6 Å². The van der Waals surface area contributed by atoms with Gasteiger partial charge in [0.25, 0.3) is 5.91 Å². The molecule has 0 radical (unpaired) electrons. The van der Waals surface area contributed by atoms with Crippen LogP contribution in [0.15, 0.2) is 42.7 Å². The fourth-order valence-electron chi connectivity index (χ4n) is 5.65. The highest BCUT2D eigenvalue weighted by Crippen LogP contribution is 2.29. The van der Waals surface area contributed by atoms with Crippen molar-refractivity contribution in [2.24, 2.45) is 11.7 Å². The zero-order valence-electron chi connectivity index (χ0n) is 21.1. The molecule has 1 aliphatic heterocycles. The Kier molecular flexibility index (Phi) is 6.91. The third kappa shape index (κ3) is 4.93. The van der Waals surface area contributed by atoms with E-state index in [9.17, 15) is 9.59 Å². The van der Waals surface area contributed by atoms with Gasteiger partial charge in [-0.25, -0.2) is 4.98 Å². The van der Waals surface area contributed by atoms with E-state index < -0.39 is 5.91 Å². The first-order chi connectivity index (χ1) is 17.4. The highest BCUT2D eigenvalue weighted by Gasteiger charge is 2.32. The van der Waals surface area contributed by atoms with Crippen molar-refractivity contribution in [2.75, 3.05) is 32.5 Å². The molecule has 0 atom stereocenters. The smallest absolute Gasteiger partial charge is 0.250 e. The molecule has 0 unspecified atom stereocenters. The molecule has 9 heteroatoms. The van der Waals surface area contributed by atoms with Crippen molar-refractivity contribution in [1.82, 2.24) is 24.3 Å². The second-order valence-electron chi connectivity index (χ2n) is 10.2. The lowest BCUT2D eigenvalue weighted by molar-refractivity contribution is -0.138. The zero-order valence-corrected chi connectivity index (χ0v) is 21.1. The van der Waals surface area contributed by atoms with E-state index in [0.29, 0.717) is 29.3 Å². The number of primary amides is 1. The Bertz CT molecular complexity index is 1240. The number of fused-ring (bicyclic) bond motifs is 1. The molecule has 3 heterocycles. The third-order valence-electron chi connectivity index (χ3n) is 7.78. The summed E-state index contributed by atoms with van der Waals surface area (Å²) in [7, 11) is 4.24. The number of nitrogens with two attached hydrogens (primary N) is 1. The molecule has 2 aromatic heterocycles. The summed E-state index contributed by atoms with van der Waals surface area (Å²) in [6.45, 7) is 1.73. The van der Waals surface area contributed by atoms with E-state index in [1.807, 2.05) is 34.9 Å². The first kappa shape index (κ1) is 24.2. The van der Waals surface area contributed by atoms with Crippen molar-refractivity contribution in [1.29, 1.82) is 0 Å². The highest BCUT2D eigenvalue weighted by molar-refractivity contribution is 6.06. The van der Waals surface area contributed by atoms with Crippen LogP contribution in [0, 0.1) is 5.92 Å². The molecule has 190 valence electrons. The molecule has 2 aliphatic rings. The van der Waals surface area contributed by atoms with Crippen LogP contribution >= 0.6 is 0 Å². The molecule has 1 saturated carbocycles. The van der Waals surface area contributed by atoms with E-state index in [-0.39, 0.29) is 12.0 Å². The Morgan fingerprint density at radius 1 is 1.03 bits per heavy atom. The Labute approximate surface area is 211 Å². The lowest BCUT2D eigenvalue weighted by Crippen LogP contribution is -2.47. The van der Waals surface area contributed by atoms with Crippen LogP contribution in [-0.2, 0) is 4.79 Å². The van der Waals surface area contributed by atoms with Gasteiger partial charge >= 0.3 is 0 Å². The lowest BCUT2D eigenvalue weighted by atomic mass is 9.84. The molecule has 0 bridgehead atoms. The predicted octanol–water partition coefficient (Wildman–Crippen LogP) is 3.04. The number of nitrogens with zero attached hydrogens (tertiary/aromatic N) is 5. The molecule has 2 amide bonds. The van der Waals surface area contributed by atoms with E-state index in [2.05, 4.69) is 34.2 Å². The van der Waals surface area contributed by atoms with Gasteiger partial charge in [0.05, 0.1) is 11.1 Å². The number of nitrogens with one attached hydrogen (secondary N) is 1. The number of carbonyl (C=O) groups excluding carboxylic acids is 2. The van der Waals surface area contributed by atoms with Gasteiger partial charge in [0.2, 0.25) is 11.9 Å². The summed E-state index contributed by atoms with van der Waals surface area (Å²) < 4.78 is 1.87. The minimum Gasteiger partial charge on any atom is -0.366 e. The maximum Gasteiger partial charge on any atom is 0.250 e. The first-order valence-corrected chi connectivity index (χ1v) is 12.9. The molecule has 3 N–H and O–H groups in total. The van der Waals surface area contributed by atoms with Gasteiger partial charge in [0, 0.05) is 48.9 Å². The summed E-state index contributed by atoms with van der Waals surface area (Å²) in [6.07, 6.45) is 9.16. The second kappa shape index (κ2) is 10.3. The van der Waals surface area contributed by atoms with Crippen molar-refractivity contribution in [3.05, 3.63) is 48.3 Å². The van der Waals surface area contributed by atoms with Crippen LogP contribution in [0.1, 0.15) is 48.9 Å². The Morgan fingerprint density at radius 3 is 2.44 bits per heavy atom. The average Bonchev–Trinajstić information content (AvgIpc) is 3.29. The SMILES string of the molecule is CN(C)C1CCN(C(=O)[C@H]2CC[C@H](Nc3nccc(-n4cc(C(N)=O)c5ccccc54)n3)CC2)CC1. The molecule has 3 aromatic rings. The summed E-state index contributed by atoms with van der Waals surface area (Å²) in [5, 5.41) is 4.27. The van der Waals surface area contributed by atoms with Gasteiger partial charge in [-0.15, -0.1) is 0 Å². The van der Waals surface area contributed by atoms with E-state index >= 15 is 0 Å². The molecular formula is C27H35N7O2. The van der Waals surface area contributed by atoms with Crippen LogP contribution in [0.2, 0.25) is 0 Å². The molecule has 9 nitrogen and oxygen atoms in total. The maximum atomic E-state index is 13.1. The summed E-state index contributed by atoms with van der Waals surface area (Å²) in [6, 6.07) is 10.3. The Morgan fingerprint density at radius 2 is 1.75 bits per heavy atom. The minimum atomic E-state index is -0.467. The fraction of sp³-hybridized carbons (Fsp3) is 0.481. The highest BCUT2D eigenvalue weighted by atomic mass is 16.2. The second-order valence-corrected chi connectivity index (χ2v) is 10.2. The number of piperidine rings is 1. The number of benzene rings is 1. The predicted molar refractivity (Wildman–Crippen MR) is 140 cm³/mol. The molecule has 2 fully saturated rings. The summed E-state index contributed by atoms with van der Waals surface area (Å²) in [5.74, 6) is 1.19. The van der Waals surface area contributed by atoms with Crippen LogP contribution < -0.4 is 11.1 Å². The molecule has 1 saturated heterocycles. The monoisotopic (exact) mass is 489 g/mol. The number of carbonyl (C=O) groups is 2. The average molecular weight is 490 g/mol. The van der Waals surface area contributed by atoms with Crippen molar-refractivity contribution < 1.29 is 9.59 Å². The summed E-state index contributed by atoms with van der Waals surface area (Å²) in [5.41, 5.74) is 6.93. The largest absolute Gasteiger partial charge is 0.366 e. The molecule has 5 rings (SSSR count). The number of rotatable bonds is 6. The number of amides is 2. The normalized spacial score (nSPS) is 21.1. The number of hydrogen-bond acceptors (Lipinski definition) is 6. The standard InChI is InChI=1S/C27H35N7O2/c1-32(2)20-12-15-33(16-13-20)26(36)18-7-9-19(10-8-18)30-27-29-14-11-24(31-27)34-17-22(25(28)35)21-5-3-4-6-23(21)34/h3-6,11,14,17-20H,7-10,12-13,15-16H2,1-2H3,(H2,28,35)(H,29,30,31)/t18-,19-. The van der Waals surface area contributed by atoms with Gasteiger partial charge < -0.3 is 25.4 Å². The van der Waals surface area contributed by atoms with E-state index in [1.165, 1.54) is 0 Å². The number of para-hydroxylation sites is 1. The van der Waals surface area contributed by atoms with E-state index in [4.69, 9.17) is 10.7 Å². The Balaban J connectivity index is 1.21. The van der Waals surface area contributed by atoms with Gasteiger partial charge in [-0.3, -0.25) is 9.59 Å². The number of anilines is 1. The van der Waals surface area contributed by atoms with Gasteiger partial charge in [-0.1, -0.05) is 18.2 Å². The number of aromatic nitrogens is 3. The number of likely N-dealkylation sites (tertiary alicyclic amines) is 1. The van der Waals surface area contributed by atoms with Crippen LogP contribution in [0.3, 0.4) is 0 Å². The molecule has 1 aromatic carbocycles. The molecule has 1 aliphatic carbocycles. The quantitative estimate of drug-likeness (QED) is 0.551. The van der Waals surface area contributed by atoms with Gasteiger partial charge in [0.15, 0.2) is 0 Å². The Hall–Kier alpha value is -3.46. The van der Waals surface area contributed by atoms with Crippen molar-refractivity contribution in [3.63, 3.8) is 0 Å². The summed E-state index contributed by atoms with van der Waals surface area (Å²) in [4.78, 5) is 38.5. The van der Waals surface area contributed by atoms with Gasteiger partial charge in [-0.05, 0) is 64.8 Å². The maximum absolute atomic E-state index is 13.1. The lowest BCUT2D eigenvalue weighted by Gasteiger charge is -2.38. The first-order valence-electron chi connectivity index (χ1n) is 12.9. The van der Waals surface area contributed by atoms with E-state index in [0.717, 1.165) is 62.5 Å². The number of hydrogen-bond donors (Lipinski definition) is 2. The van der Waals surface area contributed by atoms with Crippen molar-refractivity contribution in [3.8, 4) is 5.82 Å². The molecule has 0 spiro atoms. The third-order valence-corrected chi connectivity index (χ3v) is 7.78. The van der Waals surface area contributed by atoms with Crippen LogP contribution in [0.4, 0.5) is 5.95 Å². The van der Waals surface area contributed by atoms with Gasteiger partial charge in [0.1, 0.15) is 5.82 Å². The van der Waals surface area contributed by atoms with E-state index in [1.54, 1.807) is 12.4 Å². The van der Waals surface area contributed by atoms with Crippen LogP contribution in [0.25, 0.3) is 16.7 Å².